The van der Waals surface area contributed by atoms with E-state index in [0.29, 0.717) is 30.7 Å². The van der Waals surface area contributed by atoms with E-state index >= 15 is 0 Å². The zero-order chi connectivity index (χ0) is 26.9. The highest BCUT2D eigenvalue weighted by Crippen LogP contribution is 2.34. The maximum atomic E-state index is 13.1. The molecular weight excluding hydrogens is 470 g/mol. The Labute approximate surface area is 220 Å². The lowest BCUT2D eigenvalue weighted by molar-refractivity contribution is -0.142. The van der Waals surface area contributed by atoms with Crippen LogP contribution in [0.15, 0.2) is 48.5 Å². The minimum atomic E-state index is -1.03. The number of likely N-dealkylation sites (N-methyl/N-ethyl adjacent to an activating group) is 1. The summed E-state index contributed by atoms with van der Waals surface area (Å²) in [6, 6.07) is 15.9. The summed E-state index contributed by atoms with van der Waals surface area (Å²) >= 11 is 0. The Hall–Kier alpha value is -2.94. The molecule has 1 aliphatic heterocycles. The van der Waals surface area contributed by atoms with E-state index in [9.17, 15) is 14.7 Å². The average molecular weight is 512 g/mol. The van der Waals surface area contributed by atoms with Crippen LogP contribution in [0.25, 0.3) is 0 Å². The van der Waals surface area contributed by atoms with Crippen molar-refractivity contribution in [2.24, 2.45) is 0 Å². The summed E-state index contributed by atoms with van der Waals surface area (Å²) in [6.07, 6.45) is 1.13. The molecule has 0 spiro atoms. The molecule has 3 rings (SSSR count). The molecule has 1 aliphatic rings. The highest BCUT2D eigenvalue weighted by atomic mass is 16.5. The van der Waals surface area contributed by atoms with Crippen LogP contribution in [0, 0.1) is 0 Å². The van der Waals surface area contributed by atoms with Crippen LogP contribution in [0.3, 0.4) is 0 Å². The molecule has 37 heavy (non-hydrogen) atoms. The number of amides is 1. The number of nitrogens with zero attached hydrogens (tertiary/aromatic N) is 3. The number of rotatable bonds is 12. The molecule has 2 N–H and O–H groups in total. The van der Waals surface area contributed by atoms with Crippen molar-refractivity contribution >= 4 is 11.9 Å². The fourth-order valence-electron chi connectivity index (χ4n) is 5.18. The summed E-state index contributed by atoms with van der Waals surface area (Å²) < 4.78 is 5.11. The van der Waals surface area contributed by atoms with Gasteiger partial charge in [0.15, 0.2) is 0 Å². The zero-order valence-electron chi connectivity index (χ0n) is 22.5. The van der Waals surface area contributed by atoms with Crippen LogP contribution in [0.5, 0.6) is 5.75 Å². The number of ether oxygens (including phenoxy) is 1. The summed E-state index contributed by atoms with van der Waals surface area (Å²) in [4.78, 5) is 30.4. The first-order valence-corrected chi connectivity index (χ1v) is 13.2. The number of hydrogen-bond acceptors (Lipinski definition) is 6. The maximum Gasteiger partial charge on any atom is 0.329 e. The first-order valence-electron chi connectivity index (χ1n) is 13.2. The molecule has 1 fully saturated rings. The van der Waals surface area contributed by atoms with Crippen LogP contribution >= 0.6 is 0 Å². The van der Waals surface area contributed by atoms with Crippen LogP contribution in [0.1, 0.15) is 61.6 Å². The number of carboxylic acid groups (broad SMARTS) is 1. The van der Waals surface area contributed by atoms with Gasteiger partial charge in [-0.25, -0.2) is 4.79 Å². The van der Waals surface area contributed by atoms with E-state index in [1.807, 2.05) is 43.3 Å². The van der Waals surface area contributed by atoms with E-state index in [1.165, 1.54) is 0 Å². The number of benzene rings is 2. The lowest BCUT2D eigenvalue weighted by atomic mass is 9.92. The predicted octanol–water partition coefficient (Wildman–Crippen LogP) is 3.85. The molecule has 0 bridgehead atoms. The lowest BCUT2D eigenvalue weighted by Crippen LogP contribution is -2.57. The normalized spacial score (nSPS) is 19.5. The van der Waals surface area contributed by atoms with Gasteiger partial charge in [-0.3, -0.25) is 14.6 Å². The van der Waals surface area contributed by atoms with Gasteiger partial charge in [0.2, 0.25) is 0 Å². The van der Waals surface area contributed by atoms with Crippen molar-refractivity contribution in [3.8, 4) is 5.75 Å². The van der Waals surface area contributed by atoms with Crippen LogP contribution in [0.2, 0.25) is 0 Å². The van der Waals surface area contributed by atoms with Crippen molar-refractivity contribution in [1.82, 2.24) is 14.7 Å². The molecule has 0 aliphatic carbocycles. The summed E-state index contributed by atoms with van der Waals surface area (Å²) in [5, 5.41) is 19.0. The van der Waals surface area contributed by atoms with Gasteiger partial charge in [0.05, 0.1) is 12.6 Å². The largest absolute Gasteiger partial charge is 0.508 e. The monoisotopic (exact) mass is 511 g/mol. The van der Waals surface area contributed by atoms with Gasteiger partial charge in [-0.05, 0) is 69.1 Å². The molecule has 0 radical (unpaired) electrons. The molecule has 2 aromatic carbocycles. The van der Waals surface area contributed by atoms with E-state index in [4.69, 9.17) is 9.84 Å². The Morgan fingerprint density at radius 3 is 2.41 bits per heavy atom. The Kier molecular flexibility index (Phi) is 10.5. The summed E-state index contributed by atoms with van der Waals surface area (Å²) in [6.45, 7) is 12.2. The lowest BCUT2D eigenvalue weighted by Gasteiger charge is -2.47. The highest BCUT2D eigenvalue weighted by Gasteiger charge is 2.34. The second-order valence-corrected chi connectivity index (χ2v) is 9.84. The molecule has 3 atom stereocenters. The first-order chi connectivity index (χ1) is 17.7. The number of carbonyl (C=O) groups is 2. The Bertz CT molecular complexity index is 1030. The summed E-state index contributed by atoms with van der Waals surface area (Å²) in [7, 11) is 0. The van der Waals surface area contributed by atoms with Crippen molar-refractivity contribution in [3.63, 3.8) is 0 Å². The number of piperazine rings is 1. The van der Waals surface area contributed by atoms with Gasteiger partial charge in [0, 0.05) is 43.8 Å². The van der Waals surface area contributed by atoms with Crippen LogP contribution < -0.4 is 0 Å². The van der Waals surface area contributed by atoms with Gasteiger partial charge in [-0.2, -0.15) is 0 Å². The standard InChI is InChI=1S/C29H41N3O5/c1-5-14-31-18-22(4)32(19-21(31)3)28(25-8-7-9-26(33)17-25)23-10-12-24(13-11-23)29(36)30(6-2)15-16-37-20-27(34)35/h7-13,17,21-22,28,33H,5-6,14-16,18-20H2,1-4H3,(H,34,35)/t21-,22+,28-/m1/s1. The molecule has 202 valence electrons. The highest BCUT2D eigenvalue weighted by molar-refractivity contribution is 5.94. The van der Waals surface area contributed by atoms with Crippen LogP contribution in [0.4, 0.5) is 0 Å². The van der Waals surface area contributed by atoms with E-state index in [0.717, 1.165) is 37.2 Å². The van der Waals surface area contributed by atoms with Gasteiger partial charge in [0.25, 0.3) is 5.91 Å². The second kappa shape index (κ2) is 13.6. The van der Waals surface area contributed by atoms with E-state index in [2.05, 4.69) is 36.6 Å². The minimum Gasteiger partial charge on any atom is -0.508 e. The summed E-state index contributed by atoms with van der Waals surface area (Å²) in [5.41, 5.74) is 2.67. The molecule has 1 saturated heterocycles. The van der Waals surface area contributed by atoms with E-state index in [1.54, 1.807) is 11.0 Å². The molecule has 8 heteroatoms. The Balaban J connectivity index is 1.83. The third-order valence-corrected chi connectivity index (χ3v) is 7.07. The smallest absolute Gasteiger partial charge is 0.329 e. The van der Waals surface area contributed by atoms with Crippen molar-refractivity contribution < 1.29 is 24.5 Å². The van der Waals surface area contributed by atoms with Crippen molar-refractivity contribution in [3.05, 3.63) is 65.2 Å². The fraction of sp³-hybridized carbons (Fsp3) is 0.517. The number of phenolic OH excluding ortho intramolecular Hbond substituents is 1. The number of hydrogen-bond donors (Lipinski definition) is 2. The summed E-state index contributed by atoms with van der Waals surface area (Å²) in [5.74, 6) is -0.901. The molecule has 1 heterocycles. The van der Waals surface area contributed by atoms with E-state index in [-0.39, 0.29) is 30.9 Å². The predicted molar refractivity (Wildman–Crippen MR) is 144 cm³/mol. The van der Waals surface area contributed by atoms with Crippen LogP contribution in [-0.2, 0) is 9.53 Å². The molecular formula is C29H41N3O5. The molecule has 0 unspecified atom stereocenters. The van der Waals surface area contributed by atoms with Gasteiger partial charge < -0.3 is 19.8 Å². The number of phenols is 1. The van der Waals surface area contributed by atoms with Gasteiger partial charge in [-0.1, -0.05) is 31.2 Å². The van der Waals surface area contributed by atoms with Crippen molar-refractivity contribution in [1.29, 1.82) is 0 Å². The Morgan fingerprint density at radius 1 is 1.05 bits per heavy atom. The molecule has 2 aromatic rings. The van der Waals surface area contributed by atoms with Crippen molar-refractivity contribution in [2.45, 2.75) is 52.2 Å². The number of carbonyl (C=O) groups excluding carboxylic acids is 1. The van der Waals surface area contributed by atoms with Crippen molar-refractivity contribution in [2.75, 3.05) is 45.9 Å². The Morgan fingerprint density at radius 2 is 1.78 bits per heavy atom. The molecule has 0 aromatic heterocycles. The van der Waals surface area contributed by atoms with Gasteiger partial charge in [-0.15, -0.1) is 0 Å². The molecule has 0 saturated carbocycles. The number of carboxylic acids is 1. The third-order valence-electron chi connectivity index (χ3n) is 7.07. The van der Waals surface area contributed by atoms with E-state index < -0.39 is 5.97 Å². The molecule has 8 nitrogen and oxygen atoms in total. The number of aliphatic carboxylic acids is 1. The third kappa shape index (κ3) is 7.53. The van der Waals surface area contributed by atoms with Gasteiger partial charge in [0.1, 0.15) is 12.4 Å². The minimum absolute atomic E-state index is 0.0517. The molecule has 1 amide bonds. The van der Waals surface area contributed by atoms with Crippen LogP contribution in [-0.4, -0.2) is 94.8 Å². The second-order valence-electron chi connectivity index (χ2n) is 9.84. The fourth-order valence-corrected chi connectivity index (χ4v) is 5.18. The first kappa shape index (κ1) is 28.6. The average Bonchev–Trinajstić information content (AvgIpc) is 2.87. The van der Waals surface area contributed by atoms with Gasteiger partial charge >= 0.3 is 5.97 Å². The zero-order valence-corrected chi connectivity index (χ0v) is 22.5. The maximum absolute atomic E-state index is 13.1. The SMILES string of the molecule is CCCN1C[C@H](C)N([C@H](c2ccc(C(=O)N(CC)CCOCC(=O)O)cc2)c2cccc(O)c2)C[C@H]1C. The quantitative estimate of drug-likeness (QED) is 0.418. The topological polar surface area (TPSA) is 93.5 Å². The number of aromatic hydroxyl groups is 1.